The van der Waals surface area contributed by atoms with Gasteiger partial charge >= 0.3 is 6.09 Å². The normalized spacial score (nSPS) is 23.2. The number of hydrogen-bond donors (Lipinski definition) is 1. The van der Waals surface area contributed by atoms with Gasteiger partial charge in [0.15, 0.2) is 0 Å². The lowest BCUT2D eigenvalue weighted by Crippen LogP contribution is -2.50. The molecule has 1 fully saturated rings. The molecular formula is C17H34N2O2. The average Bonchev–Trinajstić information content (AvgIpc) is 2.36. The van der Waals surface area contributed by atoms with E-state index in [1.54, 1.807) is 0 Å². The van der Waals surface area contributed by atoms with Crippen LogP contribution in [0.15, 0.2) is 0 Å². The third kappa shape index (κ3) is 7.16. The van der Waals surface area contributed by atoms with Gasteiger partial charge in [-0.05, 0) is 52.0 Å². The van der Waals surface area contributed by atoms with Crippen LogP contribution in [0.5, 0.6) is 0 Å². The standard InChI is InChI=1S/C17H34N2O2/c1-6-7-8-11-18-13-17(5)10-9-12-19(14-17)15(20)21-16(2,3)4/h18H,6-14H2,1-5H3. The van der Waals surface area contributed by atoms with Crippen molar-refractivity contribution in [1.29, 1.82) is 0 Å². The SMILES string of the molecule is CCCCCNCC1(C)CCCN(C(=O)OC(C)(C)C)C1. The summed E-state index contributed by atoms with van der Waals surface area (Å²) < 4.78 is 5.49. The Bertz CT molecular complexity index is 325. The number of likely N-dealkylation sites (tertiary alicyclic amines) is 1. The molecule has 21 heavy (non-hydrogen) atoms. The summed E-state index contributed by atoms with van der Waals surface area (Å²) in [4.78, 5) is 14.1. The van der Waals surface area contributed by atoms with Crippen molar-refractivity contribution in [3.05, 3.63) is 0 Å². The molecule has 1 aliphatic heterocycles. The Kier molecular flexibility index (Phi) is 6.98. The Balaban J connectivity index is 2.41. The maximum absolute atomic E-state index is 12.2. The molecule has 4 heteroatoms. The number of nitrogens with zero attached hydrogens (tertiary/aromatic N) is 1. The van der Waals surface area contributed by atoms with E-state index in [1.807, 2.05) is 25.7 Å². The van der Waals surface area contributed by atoms with E-state index in [0.717, 1.165) is 32.6 Å². The fraction of sp³-hybridized carbons (Fsp3) is 0.941. The van der Waals surface area contributed by atoms with Gasteiger partial charge in [0.2, 0.25) is 0 Å². The van der Waals surface area contributed by atoms with Gasteiger partial charge in [-0.1, -0.05) is 26.7 Å². The topological polar surface area (TPSA) is 41.6 Å². The summed E-state index contributed by atoms with van der Waals surface area (Å²) in [5, 5.41) is 3.56. The highest BCUT2D eigenvalue weighted by molar-refractivity contribution is 5.68. The zero-order valence-electron chi connectivity index (χ0n) is 14.6. The van der Waals surface area contributed by atoms with Crippen LogP contribution >= 0.6 is 0 Å². The second-order valence-corrected chi connectivity index (χ2v) is 7.70. The summed E-state index contributed by atoms with van der Waals surface area (Å²) in [6, 6.07) is 0. The van der Waals surface area contributed by atoms with Crippen LogP contribution in [0.3, 0.4) is 0 Å². The summed E-state index contributed by atoms with van der Waals surface area (Å²) in [5.41, 5.74) is -0.245. The largest absolute Gasteiger partial charge is 0.444 e. The molecular weight excluding hydrogens is 264 g/mol. The lowest BCUT2D eigenvalue weighted by atomic mass is 9.82. The van der Waals surface area contributed by atoms with E-state index in [1.165, 1.54) is 25.7 Å². The molecule has 0 bridgehead atoms. The number of carbonyl (C=O) groups is 1. The quantitative estimate of drug-likeness (QED) is 0.758. The molecule has 0 radical (unpaired) electrons. The van der Waals surface area contributed by atoms with Gasteiger partial charge in [-0.2, -0.15) is 0 Å². The van der Waals surface area contributed by atoms with Crippen molar-refractivity contribution in [3.8, 4) is 0 Å². The number of hydrogen-bond acceptors (Lipinski definition) is 3. The van der Waals surface area contributed by atoms with Crippen molar-refractivity contribution in [2.75, 3.05) is 26.2 Å². The molecule has 0 aromatic heterocycles. The molecule has 1 saturated heterocycles. The van der Waals surface area contributed by atoms with Gasteiger partial charge in [0, 0.05) is 19.6 Å². The zero-order chi connectivity index (χ0) is 15.9. The van der Waals surface area contributed by atoms with Gasteiger partial charge in [0.05, 0.1) is 0 Å². The van der Waals surface area contributed by atoms with Gasteiger partial charge in [-0.3, -0.25) is 0 Å². The van der Waals surface area contributed by atoms with E-state index < -0.39 is 5.60 Å². The van der Waals surface area contributed by atoms with E-state index in [2.05, 4.69) is 19.2 Å². The summed E-state index contributed by atoms with van der Waals surface area (Å²) in [6.45, 7) is 13.9. The highest BCUT2D eigenvalue weighted by Gasteiger charge is 2.34. The zero-order valence-corrected chi connectivity index (χ0v) is 14.6. The van der Waals surface area contributed by atoms with Crippen LogP contribution in [0, 0.1) is 5.41 Å². The molecule has 0 saturated carbocycles. The number of ether oxygens (including phenoxy) is 1. The van der Waals surface area contributed by atoms with E-state index in [0.29, 0.717) is 0 Å². The predicted octanol–water partition coefficient (Wildman–Crippen LogP) is 3.80. The van der Waals surface area contributed by atoms with Crippen molar-refractivity contribution < 1.29 is 9.53 Å². The van der Waals surface area contributed by atoms with Gasteiger partial charge in [0.1, 0.15) is 5.60 Å². The Morgan fingerprint density at radius 1 is 1.33 bits per heavy atom. The monoisotopic (exact) mass is 298 g/mol. The van der Waals surface area contributed by atoms with E-state index in [9.17, 15) is 4.79 Å². The molecule has 1 aliphatic rings. The molecule has 1 unspecified atom stereocenters. The van der Waals surface area contributed by atoms with Crippen molar-refractivity contribution in [1.82, 2.24) is 10.2 Å². The van der Waals surface area contributed by atoms with Crippen molar-refractivity contribution in [2.24, 2.45) is 5.41 Å². The molecule has 124 valence electrons. The first-order valence-electron chi connectivity index (χ1n) is 8.44. The van der Waals surface area contributed by atoms with Crippen molar-refractivity contribution in [2.45, 2.75) is 72.3 Å². The molecule has 1 amide bonds. The van der Waals surface area contributed by atoms with Gasteiger partial charge < -0.3 is 15.0 Å². The van der Waals surface area contributed by atoms with Crippen LogP contribution in [-0.2, 0) is 4.74 Å². The highest BCUT2D eigenvalue weighted by Crippen LogP contribution is 2.29. The molecule has 1 N–H and O–H groups in total. The van der Waals surface area contributed by atoms with Crippen LogP contribution in [-0.4, -0.2) is 42.8 Å². The van der Waals surface area contributed by atoms with Crippen LogP contribution in [0.2, 0.25) is 0 Å². The van der Waals surface area contributed by atoms with Gasteiger partial charge in [-0.15, -0.1) is 0 Å². The molecule has 4 nitrogen and oxygen atoms in total. The number of rotatable bonds is 6. The highest BCUT2D eigenvalue weighted by atomic mass is 16.6. The van der Waals surface area contributed by atoms with E-state index in [4.69, 9.17) is 4.74 Å². The summed E-state index contributed by atoms with van der Waals surface area (Å²) >= 11 is 0. The third-order valence-corrected chi connectivity index (χ3v) is 3.94. The van der Waals surface area contributed by atoms with Crippen LogP contribution < -0.4 is 5.32 Å². The minimum absolute atomic E-state index is 0.167. The number of piperidine rings is 1. The Morgan fingerprint density at radius 3 is 2.67 bits per heavy atom. The minimum Gasteiger partial charge on any atom is -0.444 e. The van der Waals surface area contributed by atoms with Crippen molar-refractivity contribution in [3.63, 3.8) is 0 Å². The molecule has 0 aliphatic carbocycles. The van der Waals surface area contributed by atoms with Crippen LogP contribution in [0.25, 0.3) is 0 Å². The summed E-state index contributed by atoms with van der Waals surface area (Å²) in [5.74, 6) is 0. The molecule has 0 aromatic carbocycles. The smallest absolute Gasteiger partial charge is 0.410 e. The summed E-state index contributed by atoms with van der Waals surface area (Å²) in [7, 11) is 0. The van der Waals surface area contributed by atoms with E-state index in [-0.39, 0.29) is 11.5 Å². The lowest BCUT2D eigenvalue weighted by Gasteiger charge is -2.41. The maximum Gasteiger partial charge on any atom is 0.410 e. The predicted molar refractivity (Wildman–Crippen MR) is 87.5 cm³/mol. The van der Waals surface area contributed by atoms with Crippen LogP contribution in [0.1, 0.15) is 66.7 Å². The third-order valence-electron chi connectivity index (χ3n) is 3.94. The number of carbonyl (C=O) groups excluding carboxylic acids is 1. The number of amides is 1. The molecule has 0 spiro atoms. The number of nitrogens with one attached hydrogen (secondary N) is 1. The molecule has 1 rings (SSSR count). The summed E-state index contributed by atoms with van der Waals surface area (Å²) in [6.07, 6.45) is 5.85. The number of unbranched alkanes of at least 4 members (excludes halogenated alkanes) is 2. The second-order valence-electron chi connectivity index (χ2n) is 7.70. The Morgan fingerprint density at radius 2 is 2.05 bits per heavy atom. The fourth-order valence-electron chi connectivity index (χ4n) is 2.83. The first kappa shape index (κ1) is 18.3. The Hall–Kier alpha value is -0.770. The molecule has 0 aromatic rings. The van der Waals surface area contributed by atoms with Gasteiger partial charge in [0.25, 0.3) is 0 Å². The Labute approximate surface area is 130 Å². The maximum atomic E-state index is 12.2. The first-order valence-corrected chi connectivity index (χ1v) is 8.44. The minimum atomic E-state index is -0.413. The second kappa shape index (κ2) is 8.02. The lowest BCUT2D eigenvalue weighted by molar-refractivity contribution is 0.00681. The van der Waals surface area contributed by atoms with Crippen LogP contribution in [0.4, 0.5) is 4.79 Å². The van der Waals surface area contributed by atoms with E-state index >= 15 is 0 Å². The fourth-order valence-corrected chi connectivity index (χ4v) is 2.83. The van der Waals surface area contributed by atoms with Crippen molar-refractivity contribution >= 4 is 6.09 Å². The average molecular weight is 298 g/mol. The molecule has 1 heterocycles. The first-order chi connectivity index (χ1) is 9.76. The molecule has 1 atom stereocenters. The van der Waals surface area contributed by atoms with Gasteiger partial charge in [-0.25, -0.2) is 4.79 Å².